The van der Waals surface area contributed by atoms with Gasteiger partial charge < -0.3 is 5.73 Å². The van der Waals surface area contributed by atoms with E-state index in [0.717, 1.165) is 11.8 Å². The van der Waals surface area contributed by atoms with Gasteiger partial charge in [-0.05, 0) is 38.0 Å². The van der Waals surface area contributed by atoms with Crippen LogP contribution in [0.1, 0.15) is 29.7 Å². The van der Waals surface area contributed by atoms with E-state index in [1.807, 2.05) is 0 Å². The second-order valence-corrected chi connectivity index (χ2v) is 6.94. The summed E-state index contributed by atoms with van der Waals surface area (Å²) >= 11 is 0. The molecule has 2 atom stereocenters. The number of sulfone groups is 1. The van der Waals surface area contributed by atoms with Gasteiger partial charge in [-0.1, -0.05) is 6.07 Å². The van der Waals surface area contributed by atoms with E-state index in [2.05, 4.69) is 0 Å². The molecule has 0 aliphatic heterocycles. The highest BCUT2D eigenvalue weighted by Crippen LogP contribution is 2.26. The van der Waals surface area contributed by atoms with E-state index >= 15 is 0 Å². The fraction of sp³-hybridized carbons (Fsp3) is 0.500. The molecule has 1 aromatic carbocycles. The summed E-state index contributed by atoms with van der Waals surface area (Å²) in [5, 5.41) is -0.807. The summed E-state index contributed by atoms with van der Waals surface area (Å²) in [6.45, 7) is 5.02. The molecule has 3 nitrogen and oxygen atoms in total. The normalized spacial score (nSPS) is 15.6. The van der Waals surface area contributed by atoms with Gasteiger partial charge in [0.1, 0.15) is 5.82 Å². The quantitative estimate of drug-likeness (QED) is 0.901. The standard InChI is InChI=1S/C12H18FNO2S/c1-7-5-8(2)11(10(13)6-7)12(14)9(3)17(4,15)16/h5-6,9,12H,14H2,1-4H3. The van der Waals surface area contributed by atoms with E-state index < -0.39 is 26.9 Å². The highest BCUT2D eigenvalue weighted by molar-refractivity contribution is 7.91. The van der Waals surface area contributed by atoms with E-state index in [0.29, 0.717) is 5.56 Å². The van der Waals surface area contributed by atoms with Crippen molar-refractivity contribution >= 4 is 9.84 Å². The van der Waals surface area contributed by atoms with Gasteiger partial charge in [0.05, 0.1) is 5.25 Å². The maximum absolute atomic E-state index is 13.8. The fourth-order valence-corrected chi connectivity index (χ4v) is 2.52. The molecular formula is C12H18FNO2S. The van der Waals surface area contributed by atoms with Crippen molar-refractivity contribution in [2.75, 3.05) is 6.26 Å². The van der Waals surface area contributed by atoms with Crippen LogP contribution < -0.4 is 5.73 Å². The molecule has 0 fully saturated rings. The van der Waals surface area contributed by atoms with E-state index in [1.54, 1.807) is 19.9 Å². The van der Waals surface area contributed by atoms with Crippen molar-refractivity contribution in [2.24, 2.45) is 5.73 Å². The molecule has 0 heterocycles. The van der Waals surface area contributed by atoms with Gasteiger partial charge in [-0.3, -0.25) is 0 Å². The van der Waals surface area contributed by atoms with Crippen LogP contribution in [0.15, 0.2) is 12.1 Å². The molecule has 2 N–H and O–H groups in total. The van der Waals surface area contributed by atoms with Crippen molar-refractivity contribution < 1.29 is 12.8 Å². The van der Waals surface area contributed by atoms with Crippen LogP contribution in [-0.4, -0.2) is 19.9 Å². The summed E-state index contributed by atoms with van der Waals surface area (Å²) in [4.78, 5) is 0. The molecule has 5 heteroatoms. The first-order valence-corrected chi connectivity index (χ1v) is 7.31. The Morgan fingerprint density at radius 3 is 2.24 bits per heavy atom. The van der Waals surface area contributed by atoms with Crippen molar-refractivity contribution in [3.8, 4) is 0 Å². The molecule has 1 rings (SSSR count). The molecule has 0 spiro atoms. The predicted molar refractivity (Wildman–Crippen MR) is 67.1 cm³/mol. The molecular weight excluding hydrogens is 241 g/mol. The largest absolute Gasteiger partial charge is 0.323 e. The molecule has 0 aliphatic rings. The highest BCUT2D eigenvalue weighted by Gasteiger charge is 2.27. The van der Waals surface area contributed by atoms with Crippen LogP contribution in [0, 0.1) is 19.7 Å². The Labute approximate surface area is 102 Å². The first-order chi connectivity index (χ1) is 7.64. The molecule has 0 aromatic heterocycles. The molecule has 96 valence electrons. The minimum absolute atomic E-state index is 0.286. The van der Waals surface area contributed by atoms with Crippen LogP contribution in [0.5, 0.6) is 0 Å². The van der Waals surface area contributed by atoms with Crippen LogP contribution >= 0.6 is 0 Å². The molecule has 0 radical (unpaired) electrons. The third-order valence-corrected chi connectivity index (χ3v) is 4.64. The first-order valence-electron chi connectivity index (χ1n) is 5.35. The zero-order chi connectivity index (χ0) is 13.4. The summed E-state index contributed by atoms with van der Waals surface area (Å²) in [6.07, 6.45) is 1.11. The van der Waals surface area contributed by atoms with Crippen molar-refractivity contribution in [3.05, 3.63) is 34.6 Å². The number of aryl methyl sites for hydroxylation is 2. The van der Waals surface area contributed by atoms with Gasteiger partial charge in [0, 0.05) is 17.9 Å². The third-order valence-electron chi connectivity index (χ3n) is 3.00. The highest BCUT2D eigenvalue weighted by atomic mass is 32.2. The van der Waals surface area contributed by atoms with Crippen LogP contribution in [0.25, 0.3) is 0 Å². The van der Waals surface area contributed by atoms with E-state index in [-0.39, 0.29) is 5.56 Å². The molecule has 0 saturated heterocycles. The number of rotatable bonds is 3. The molecule has 0 amide bonds. The average Bonchev–Trinajstić information content (AvgIpc) is 2.13. The summed E-state index contributed by atoms with van der Waals surface area (Å²) in [5.41, 5.74) is 7.62. The van der Waals surface area contributed by atoms with Crippen LogP contribution in [-0.2, 0) is 9.84 Å². The summed E-state index contributed by atoms with van der Waals surface area (Å²) < 4.78 is 36.7. The lowest BCUT2D eigenvalue weighted by molar-refractivity contribution is 0.547. The molecule has 17 heavy (non-hydrogen) atoms. The van der Waals surface area contributed by atoms with Gasteiger partial charge in [-0.2, -0.15) is 0 Å². The van der Waals surface area contributed by atoms with Gasteiger partial charge in [0.25, 0.3) is 0 Å². The van der Waals surface area contributed by atoms with Gasteiger partial charge in [0.15, 0.2) is 9.84 Å². The maximum Gasteiger partial charge on any atom is 0.151 e. The number of hydrogen-bond acceptors (Lipinski definition) is 3. The van der Waals surface area contributed by atoms with Crippen molar-refractivity contribution in [1.29, 1.82) is 0 Å². The van der Waals surface area contributed by atoms with E-state index in [4.69, 9.17) is 5.73 Å². The number of halogens is 1. The lowest BCUT2D eigenvalue weighted by Crippen LogP contribution is -2.31. The minimum Gasteiger partial charge on any atom is -0.323 e. The second kappa shape index (κ2) is 4.74. The Balaban J connectivity index is 3.26. The Hall–Kier alpha value is -0.940. The van der Waals surface area contributed by atoms with Gasteiger partial charge in [-0.25, -0.2) is 12.8 Å². The molecule has 0 aliphatic carbocycles. The predicted octanol–water partition coefficient (Wildman–Crippen LogP) is 1.88. The first kappa shape index (κ1) is 14.1. The Morgan fingerprint density at radius 1 is 1.29 bits per heavy atom. The van der Waals surface area contributed by atoms with Gasteiger partial charge >= 0.3 is 0 Å². The molecule has 2 unspecified atom stereocenters. The number of nitrogens with two attached hydrogens (primary N) is 1. The zero-order valence-electron chi connectivity index (χ0n) is 10.5. The Kier molecular flexibility index (Phi) is 3.94. The number of benzene rings is 1. The Bertz CT molecular complexity index is 502. The molecule has 0 bridgehead atoms. The van der Waals surface area contributed by atoms with Crippen LogP contribution in [0.2, 0.25) is 0 Å². The van der Waals surface area contributed by atoms with E-state index in [1.165, 1.54) is 13.0 Å². The van der Waals surface area contributed by atoms with Crippen molar-refractivity contribution in [1.82, 2.24) is 0 Å². The fourth-order valence-electron chi connectivity index (χ4n) is 1.85. The minimum atomic E-state index is -3.29. The average molecular weight is 259 g/mol. The Morgan fingerprint density at radius 2 is 1.82 bits per heavy atom. The van der Waals surface area contributed by atoms with Crippen molar-refractivity contribution in [2.45, 2.75) is 32.1 Å². The second-order valence-electron chi connectivity index (χ2n) is 4.54. The lowest BCUT2D eigenvalue weighted by Gasteiger charge is -2.21. The monoisotopic (exact) mass is 259 g/mol. The third kappa shape index (κ3) is 3.04. The maximum atomic E-state index is 13.8. The van der Waals surface area contributed by atoms with Crippen LogP contribution in [0.4, 0.5) is 4.39 Å². The topological polar surface area (TPSA) is 60.2 Å². The van der Waals surface area contributed by atoms with Gasteiger partial charge in [-0.15, -0.1) is 0 Å². The zero-order valence-corrected chi connectivity index (χ0v) is 11.3. The van der Waals surface area contributed by atoms with Crippen molar-refractivity contribution in [3.63, 3.8) is 0 Å². The lowest BCUT2D eigenvalue weighted by atomic mass is 9.97. The van der Waals surface area contributed by atoms with E-state index in [9.17, 15) is 12.8 Å². The number of hydrogen-bond donors (Lipinski definition) is 1. The van der Waals surface area contributed by atoms with Gasteiger partial charge in [0.2, 0.25) is 0 Å². The summed E-state index contributed by atoms with van der Waals surface area (Å²) in [6, 6.07) is 2.33. The molecule has 1 aromatic rings. The molecule has 0 saturated carbocycles. The van der Waals surface area contributed by atoms with Crippen LogP contribution in [0.3, 0.4) is 0 Å². The smallest absolute Gasteiger partial charge is 0.151 e. The summed E-state index contributed by atoms with van der Waals surface area (Å²) in [7, 11) is -3.29. The SMILES string of the molecule is Cc1cc(C)c(C(N)C(C)S(C)(=O)=O)c(F)c1. The summed E-state index contributed by atoms with van der Waals surface area (Å²) in [5.74, 6) is -0.439.